The first-order valence-electron chi connectivity index (χ1n) is 5.74. The van der Waals surface area contributed by atoms with Gasteiger partial charge in [0.15, 0.2) is 5.69 Å². The standard InChI is InChI=1S/C12H9F3N4O2/c13-12(14,15)10-4-5-11(18-17-10)16-7-8-2-1-3-9(6-8)19(20)21/h1-6H,7H2,(H,16,18). The molecule has 0 unspecified atom stereocenters. The van der Waals surface area contributed by atoms with Crippen LogP contribution in [0.25, 0.3) is 0 Å². The highest BCUT2D eigenvalue weighted by Gasteiger charge is 2.32. The van der Waals surface area contributed by atoms with Crippen molar-refractivity contribution < 1.29 is 18.1 Å². The number of aromatic nitrogens is 2. The summed E-state index contributed by atoms with van der Waals surface area (Å²) in [6, 6.07) is 7.84. The van der Waals surface area contributed by atoms with Crippen molar-refractivity contribution in [1.82, 2.24) is 10.2 Å². The van der Waals surface area contributed by atoms with Crippen molar-refractivity contribution in [2.24, 2.45) is 0 Å². The largest absolute Gasteiger partial charge is 0.435 e. The van der Waals surface area contributed by atoms with Crippen LogP contribution in [-0.4, -0.2) is 15.1 Å². The highest BCUT2D eigenvalue weighted by molar-refractivity contribution is 5.38. The van der Waals surface area contributed by atoms with Gasteiger partial charge in [-0.3, -0.25) is 10.1 Å². The number of anilines is 1. The molecule has 1 heterocycles. The molecule has 0 aliphatic heterocycles. The van der Waals surface area contributed by atoms with Crippen LogP contribution in [0.4, 0.5) is 24.7 Å². The van der Waals surface area contributed by atoms with Crippen molar-refractivity contribution in [2.45, 2.75) is 12.7 Å². The first-order chi connectivity index (χ1) is 9.86. The molecule has 2 aromatic rings. The zero-order valence-corrected chi connectivity index (χ0v) is 10.5. The number of nitrogens with zero attached hydrogens (tertiary/aromatic N) is 3. The molecule has 0 amide bonds. The van der Waals surface area contributed by atoms with Gasteiger partial charge in [0, 0.05) is 18.7 Å². The highest BCUT2D eigenvalue weighted by atomic mass is 19.4. The second kappa shape index (κ2) is 5.73. The van der Waals surface area contributed by atoms with Crippen LogP contribution in [0, 0.1) is 10.1 Å². The van der Waals surface area contributed by atoms with Crippen LogP contribution < -0.4 is 5.32 Å². The van der Waals surface area contributed by atoms with Gasteiger partial charge in [-0.1, -0.05) is 12.1 Å². The first-order valence-corrected chi connectivity index (χ1v) is 5.74. The minimum Gasteiger partial charge on any atom is -0.365 e. The monoisotopic (exact) mass is 298 g/mol. The summed E-state index contributed by atoms with van der Waals surface area (Å²) in [5.41, 5.74) is -0.540. The van der Waals surface area contributed by atoms with Crippen LogP contribution in [0.1, 0.15) is 11.3 Å². The molecule has 0 spiro atoms. The summed E-state index contributed by atoms with van der Waals surface area (Å²) in [5.74, 6) is 0.148. The predicted octanol–water partition coefficient (Wildman–Crippen LogP) is 3.02. The summed E-state index contributed by atoms with van der Waals surface area (Å²) in [7, 11) is 0. The molecule has 1 N–H and O–H groups in total. The molecule has 1 aromatic heterocycles. The maximum Gasteiger partial charge on any atom is 0.435 e. The molecule has 6 nitrogen and oxygen atoms in total. The van der Waals surface area contributed by atoms with Gasteiger partial charge < -0.3 is 5.32 Å². The molecule has 0 atom stereocenters. The third-order valence-corrected chi connectivity index (χ3v) is 2.55. The Kier molecular flexibility index (Phi) is 4.01. The molecule has 0 radical (unpaired) electrons. The number of hydrogen-bond donors (Lipinski definition) is 1. The van der Waals surface area contributed by atoms with Gasteiger partial charge in [0.25, 0.3) is 5.69 Å². The van der Waals surface area contributed by atoms with Crippen LogP contribution in [0.3, 0.4) is 0 Å². The molecule has 1 aromatic carbocycles. The molecule has 21 heavy (non-hydrogen) atoms. The second-order valence-electron chi connectivity index (χ2n) is 4.08. The van der Waals surface area contributed by atoms with Crippen molar-refractivity contribution >= 4 is 11.5 Å². The molecule has 0 saturated carbocycles. The molecule has 0 bridgehead atoms. The SMILES string of the molecule is O=[N+]([O-])c1cccc(CNc2ccc(C(F)(F)F)nn2)c1. The Morgan fingerprint density at radius 3 is 2.52 bits per heavy atom. The number of nitro groups is 1. The van der Waals surface area contributed by atoms with Crippen LogP contribution in [-0.2, 0) is 12.7 Å². The van der Waals surface area contributed by atoms with Crippen LogP contribution in [0.5, 0.6) is 0 Å². The molecule has 0 aliphatic carbocycles. The zero-order valence-electron chi connectivity index (χ0n) is 10.5. The quantitative estimate of drug-likeness (QED) is 0.693. The van der Waals surface area contributed by atoms with Crippen molar-refractivity contribution in [1.29, 1.82) is 0 Å². The van der Waals surface area contributed by atoms with E-state index in [1.54, 1.807) is 6.07 Å². The zero-order chi connectivity index (χ0) is 15.5. The number of alkyl halides is 3. The fourth-order valence-corrected chi connectivity index (χ4v) is 1.55. The second-order valence-corrected chi connectivity index (χ2v) is 4.08. The average Bonchev–Trinajstić information content (AvgIpc) is 2.45. The number of nitro benzene ring substituents is 1. The maximum atomic E-state index is 12.3. The van der Waals surface area contributed by atoms with E-state index in [4.69, 9.17) is 0 Å². The van der Waals surface area contributed by atoms with E-state index in [2.05, 4.69) is 15.5 Å². The summed E-state index contributed by atoms with van der Waals surface area (Å²) in [6.45, 7) is 0.182. The Balaban J connectivity index is 2.03. The summed E-state index contributed by atoms with van der Waals surface area (Å²) < 4.78 is 36.9. The minimum absolute atomic E-state index is 0.0622. The fraction of sp³-hybridized carbons (Fsp3) is 0.167. The molecule has 110 valence electrons. The normalized spacial score (nSPS) is 11.2. The molecule has 2 rings (SSSR count). The lowest BCUT2D eigenvalue weighted by Gasteiger charge is -2.07. The molecule has 0 saturated heterocycles. The van der Waals surface area contributed by atoms with E-state index in [9.17, 15) is 23.3 Å². The van der Waals surface area contributed by atoms with E-state index in [1.165, 1.54) is 18.2 Å². The van der Waals surface area contributed by atoms with E-state index in [1.807, 2.05) is 0 Å². The van der Waals surface area contributed by atoms with E-state index in [0.29, 0.717) is 5.56 Å². The Hall–Kier alpha value is -2.71. The number of halogens is 3. The summed E-state index contributed by atoms with van der Waals surface area (Å²) in [4.78, 5) is 10.1. The smallest absolute Gasteiger partial charge is 0.365 e. The summed E-state index contributed by atoms with van der Waals surface area (Å²) in [5, 5.41) is 19.8. The fourth-order valence-electron chi connectivity index (χ4n) is 1.55. The number of nitrogens with one attached hydrogen (secondary N) is 1. The van der Waals surface area contributed by atoms with Crippen LogP contribution in [0.2, 0.25) is 0 Å². The number of non-ortho nitro benzene ring substituents is 1. The Morgan fingerprint density at radius 2 is 1.95 bits per heavy atom. The number of rotatable bonds is 4. The Bertz CT molecular complexity index is 644. The first kappa shape index (κ1) is 14.7. The van der Waals surface area contributed by atoms with E-state index >= 15 is 0 Å². The third-order valence-electron chi connectivity index (χ3n) is 2.55. The van der Waals surface area contributed by atoms with Gasteiger partial charge in [0.05, 0.1) is 4.92 Å². The van der Waals surface area contributed by atoms with Crippen molar-refractivity contribution in [3.05, 3.63) is 57.8 Å². The average molecular weight is 298 g/mol. The van der Waals surface area contributed by atoms with Gasteiger partial charge in [-0.15, -0.1) is 10.2 Å². The summed E-state index contributed by atoms with van der Waals surface area (Å²) in [6.07, 6.45) is -4.54. The van der Waals surface area contributed by atoms with Gasteiger partial charge in [0.2, 0.25) is 0 Å². The van der Waals surface area contributed by atoms with Gasteiger partial charge >= 0.3 is 6.18 Å². The number of hydrogen-bond acceptors (Lipinski definition) is 5. The Morgan fingerprint density at radius 1 is 1.19 bits per heavy atom. The van der Waals surface area contributed by atoms with Crippen molar-refractivity contribution in [3.8, 4) is 0 Å². The highest BCUT2D eigenvalue weighted by Crippen LogP contribution is 2.27. The van der Waals surface area contributed by atoms with Gasteiger partial charge in [-0.25, -0.2) is 0 Å². The maximum absolute atomic E-state index is 12.3. The molecule has 9 heteroatoms. The summed E-state index contributed by atoms with van der Waals surface area (Å²) >= 11 is 0. The van der Waals surface area contributed by atoms with Gasteiger partial charge in [-0.2, -0.15) is 13.2 Å². The third kappa shape index (κ3) is 3.88. The van der Waals surface area contributed by atoms with E-state index in [-0.39, 0.29) is 18.1 Å². The van der Waals surface area contributed by atoms with Crippen molar-refractivity contribution in [3.63, 3.8) is 0 Å². The lowest BCUT2D eigenvalue weighted by molar-refractivity contribution is -0.384. The molecule has 0 fully saturated rings. The molecule has 0 aliphatic rings. The van der Waals surface area contributed by atoms with E-state index < -0.39 is 16.8 Å². The Labute approximate surface area is 116 Å². The van der Waals surface area contributed by atoms with Crippen molar-refractivity contribution in [2.75, 3.05) is 5.32 Å². The minimum atomic E-state index is -4.54. The lowest BCUT2D eigenvalue weighted by atomic mass is 10.2. The number of benzene rings is 1. The molecular formula is C12H9F3N4O2. The van der Waals surface area contributed by atoms with Gasteiger partial charge in [0.1, 0.15) is 5.82 Å². The van der Waals surface area contributed by atoms with E-state index in [0.717, 1.165) is 12.1 Å². The topological polar surface area (TPSA) is 81.0 Å². The van der Waals surface area contributed by atoms with Crippen LogP contribution >= 0.6 is 0 Å². The van der Waals surface area contributed by atoms with Gasteiger partial charge in [-0.05, 0) is 17.7 Å². The molecular weight excluding hydrogens is 289 g/mol. The predicted molar refractivity (Wildman–Crippen MR) is 67.5 cm³/mol. The van der Waals surface area contributed by atoms with Crippen LogP contribution in [0.15, 0.2) is 36.4 Å². The lowest BCUT2D eigenvalue weighted by Crippen LogP contribution is -2.10.